The molecular formula is C48H38Cl4I4O5P+. The number of halogens is 8. The quantitative estimate of drug-likeness (QED) is 0.0198. The lowest BCUT2D eigenvalue weighted by atomic mass is 9.90. The summed E-state index contributed by atoms with van der Waals surface area (Å²) in [6.07, 6.45) is 9.41. The summed E-state index contributed by atoms with van der Waals surface area (Å²) in [5.74, 6) is -0.431. The van der Waals surface area contributed by atoms with Gasteiger partial charge >= 0.3 is 5.97 Å². The molecule has 0 unspecified atom stereocenters. The number of carbonyl (C=O) groups is 1. The van der Waals surface area contributed by atoms with Crippen molar-refractivity contribution in [1.82, 2.24) is 0 Å². The van der Waals surface area contributed by atoms with Crippen molar-refractivity contribution in [3.8, 4) is 28.2 Å². The maximum absolute atomic E-state index is 14.1. The average Bonchev–Trinajstić information content (AvgIpc) is 3.29. The van der Waals surface area contributed by atoms with E-state index in [1.807, 2.05) is 90.4 Å². The number of carbonyl (C=O) groups excluding carboxylic acids is 1. The number of phenolic OH excluding ortho intramolecular Hbond substituents is 1. The summed E-state index contributed by atoms with van der Waals surface area (Å²) in [5.41, 5.74) is 1.16. The molecule has 0 radical (unpaired) electrons. The first kappa shape index (κ1) is 48.5. The molecule has 2 aliphatic rings. The third kappa shape index (κ3) is 9.97. The van der Waals surface area contributed by atoms with E-state index in [0.29, 0.717) is 42.8 Å². The van der Waals surface area contributed by atoms with E-state index in [0.717, 1.165) is 51.1 Å². The van der Waals surface area contributed by atoms with E-state index in [9.17, 15) is 14.7 Å². The predicted molar refractivity (Wildman–Crippen MR) is 294 cm³/mol. The first-order valence-electron chi connectivity index (χ1n) is 19.9. The van der Waals surface area contributed by atoms with Gasteiger partial charge in [-0.15, -0.1) is 0 Å². The van der Waals surface area contributed by atoms with Crippen LogP contribution in [0.3, 0.4) is 0 Å². The Morgan fingerprint density at radius 2 is 1.11 bits per heavy atom. The molecule has 0 saturated heterocycles. The fourth-order valence-corrected chi connectivity index (χ4v) is 17.0. The van der Waals surface area contributed by atoms with Crippen LogP contribution < -0.4 is 21.3 Å². The van der Waals surface area contributed by atoms with Crippen molar-refractivity contribution in [2.24, 2.45) is 0 Å². The van der Waals surface area contributed by atoms with Gasteiger partial charge in [0.05, 0.1) is 49.1 Å². The summed E-state index contributed by atoms with van der Waals surface area (Å²) in [5, 5.41) is 15.4. The number of phenols is 1. The molecule has 0 spiro atoms. The Kier molecular flexibility index (Phi) is 17.1. The van der Waals surface area contributed by atoms with Crippen molar-refractivity contribution in [3.05, 3.63) is 153 Å². The highest BCUT2D eigenvalue weighted by Crippen LogP contribution is 2.56. The van der Waals surface area contributed by atoms with Crippen molar-refractivity contribution in [2.45, 2.75) is 51.4 Å². The minimum atomic E-state index is -1.82. The van der Waals surface area contributed by atoms with Gasteiger partial charge in [0.25, 0.3) is 0 Å². The zero-order valence-corrected chi connectivity index (χ0v) is 45.5. The molecule has 0 saturated carbocycles. The standard InChI is InChI=1S/C48H37Cl4I4O5P/c49-38-36(35-31-26-33(53)44(57)42(55)46(31)61-47-32(35)27-34(54)45(58)43(47)56)37(39(50)41(52)40(38)51)48(59)60-24-16-5-3-1-2-4-6-17-25-62(28-18-10-7-11-19-28,29-20-12-8-13-21-29)30-22-14-9-15-23-30/h7-15,18-23,26-27H,1-6,16-17,24-25H2/p+1. The number of hydrogen-bond donors (Lipinski definition) is 1. The van der Waals surface area contributed by atoms with Crippen LogP contribution in [0, 0.1) is 14.3 Å². The number of ether oxygens (including phenoxy) is 1. The van der Waals surface area contributed by atoms with Crippen LogP contribution in [0.5, 0.6) is 5.75 Å². The molecule has 62 heavy (non-hydrogen) atoms. The van der Waals surface area contributed by atoms with Crippen molar-refractivity contribution in [3.63, 3.8) is 0 Å². The maximum atomic E-state index is 14.1. The van der Waals surface area contributed by atoms with E-state index in [2.05, 4.69) is 91.0 Å². The largest absolute Gasteiger partial charge is 0.506 e. The van der Waals surface area contributed by atoms with Gasteiger partial charge in [-0.1, -0.05) is 133 Å². The van der Waals surface area contributed by atoms with Crippen LogP contribution in [0.15, 0.2) is 112 Å². The second-order valence-corrected chi connectivity index (χ2v) is 24.4. The molecule has 0 bridgehead atoms. The third-order valence-electron chi connectivity index (χ3n) is 11.0. The maximum Gasteiger partial charge on any atom is 0.340 e. The van der Waals surface area contributed by atoms with E-state index in [1.165, 1.54) is 15.9 Å². The SMILES string of the molecule is O=C(OCCCCCCCCCC[P+](c1ccccc1)(c1ccccc1)c1ccccc1)c1c(Cl)c(Cl)c(Cl)c(Cl)c1-c1c2cc(I)c(=O)c(I)c-2oc2c(I)c(O)c(I)cc12. The predicted octanol–water partition coefficient (Wildman–Crippen LogP) is 15.6. The first-order chi connectivity index (χ1) is 29.9. The van der Waals surface area contributed by atoms with E-state index in [1.54, 1.807) is 12.1 Å². The highest BCUT2D eigenvalue weighted by atomic mass is 127. The summed E-state index contributed by atoms with van der Waals surface area (Å²) in [7, 11) is -1.82. The molecule has 1 aliphatic heterocycles. The Balaban J connectivity index is 1.01. The first-order valence-corrected chi connectivity index (χ1v) is 27.7. The summed E-state index contributed by atoms with van der Waals surface area (Å²) >= 11 is 35.1. The number of aromatic hydroxyl groups is 1. The molecule has 0 aromatic heterocycles. The summed E-state index contributed by atoms with van der Waals surface area (Å²) in [6.45, 7) is 0.168. The lowest BCUT2D eigenvalue weighted by molar-refractivity contribution is 0.0498. The van der Waals surface area contributed by atoms with Gasteiger partial charge in [0.1, 0.15) is 32.5 Å². The highest BCUT2D eigenvalue weighted by molar-refractivity contribution is 14.1. The lowest BCUT2D eigenvalue weighted by Crippen LogP contribution is -2.33. The van der Waals surface area contributed by atoms with Crippen LogP contribution in [-0.2, 0) is 4.74 Å². The zero-order chi connectivity index (χ0) is 44.1. The number of esters is 1. The van der Waals surface area contributed by atoms with Crippen molar-refractivity contribution in [2.75, 3.05) is 12.8 Å². The van der Waals surface area contributed by atoms with E-state index in [-0.39, 0.29) is 54.8 Å². The molecule has 7 rings (SSSR count). The number of unbranched alkanes of at least 4 members (excludes halogenated alkanes) is 7. The number of hydrogen-bond acceptors (Lipinski definition) is 5. The minimum Gasteiger partial charge on any atom is -0.506 e. The molecule has 0 amide bonds. The number of rotatable bonds is 16. The van der Waals surface area contributed by atoms with E-state index in [4.69, 9.17) is 55.6 Å². The molecule has 5 aromatic rings. The van der Waals surface area contributed by atoms with Gasteiger partial charge in [0.2, 0.25) is 5.43 Å². The number of benzene rings is 6. The van der Waals surface area contributed by atoms with Crippen LogP contribution in [-0.4, -0.2) is 23.8 Å². The van der Waals surface area contributed by atoms with Crippen molar-refractivity contribution < 1.29 is 19.1 Å². The fourth-order valence-electron chi connectivity index (χ4n) is 7.95. The van der Waals surface area contributed by atoms with Crippen LogP contribution in [0.25, 0.3) is 33.4 Å². The molecule has 14 heteroatoms. The van der Waals surface area contributed by atoms with E-state index >= 15 is 0 Å². The third-order valence-corrected chi connectivity index (χ3v) is 20.9. The normalized spacial score (nSPS) is 11.7. The van der Waals surface area contributed by atoms with Crippen LogP contribution in [0.2, 0.25) is 20.1 Å². The van der Waals surface area contributed by atoms with Crippen LogP contribution in [0.1, 0.15) is 61.7 Å². The van der Waals surface area contributed by atoms with Gasteiger partial charge in [-0.2, -0.15) is 0 Å². The molecule has 5 nitrogen and oxygen atoms in total. The summed E-state index contributed by atoms with van der Waals surface area (Å²) in [6, 6.07) is 36.5. The second kappa shape index (κ2) is 21.9. The van der Waals surface area contributed by atoms with Crippen LogP contribution in [0.4, 0.5) is 0 Å². The Morgan fingerprint density at radius 3 is 1.66 bits per heavy atom. The smallest absolute Gasteiger partial charge is 0.340 e. The van der Waals surface area contributed by atoms with Gasteiger partial charge in [-0.05, 0) is 158 Å². The molecule has 1 aliphatic carbocycles. The molecule has 1 heterocycles. The van der Waals surface area contributed by atoms with Crippen molar-refractivity contribution >= 4 is 177 Å². The lowest BCUT2D eigenvalue weighted by Gasteiger charge is -2.27. The molecule has 0 fully saturated rings. The molecular weight excluding hydrogens is 1340 g/mol. The Morgan fingerprint density at radius 1 is 0.613 bits per heavy atom. The summed E-state index contributed by atoms with van der Waals surface area (Å²) < 4.78 is 13.9. The average molecular weight is 1380 g/mol. The topological polar surface area (TPSA) is 76.7 Å². The Labute approximate surface area is 436 Å². The second-order valence-electron chi connectivity index (χ2n) is 14.8. The van der Waals surface area contributed by atoms with Crippen molar-refractivity contribution in [1.29, 1.82) is 0 Å². The Hall–Kier alpha value is -1.43. The molecule has 1 N–H and O–H groups in total. The number of fused-ring (bicyclic) bond motifs is 2. The highest BCUT2D eigenvalue weighted by Gasteiger charge is 2.44. The fraction of sp³-hybridized carbons (Fsp3) is 0.208. The Bertz CT molecular complexity index is 2680. The zero-order valence-electron chi connectivity index (χ0n) is 32.9. The molecule has 5 aromatic carbocycles. The van der Waals surface area contributed by atoms with Gasteiger partial charge in [-0.3, -0.25) is 4.79 Å². The van der Waals surface area contributed by atoms with Crippen LogP contribution >= 0.6 is 144 Å². The van der Waals surface area contributed by atoms with Gasteiger partial charge in [0.15, 0.2) is 11.3 Å². The molecule has 0 atom stereocenters. The van der Waals surface area contributed by atoms with Gasteiger partial charge < -0.3 is 14.3 Å². The van der Waals surface area contributed by atoms with E-state index < -0.39 is 13.2 Å². The minimum absolute atomic E-state index is 0.0103. The van der Waals surface area contributed by atoms with Gasteiger partial charge in [0, 0.05) is 22.1 Å². The summed E-state index contributed by atoms with van der Waals surface area (Å²) in [4.78, 5) is 27.2. The van der Waals surface area contributed by atoms with Gasteiger partial charge in [-0.25, -0.2) is 4.79 Å². The monoisotopic (exact) mass is 1370 g/mol. The molecule has 320 valence electrons.